The van der Waals surface area contributed by atoms with E-state index in [2.05, 4.69) is 22.2 Å². The van der Waals surface area contributed by atoms with E-state index >= 15 is 0 Å². The van der Waals surface area contributed by atoms with E-state index in [1.54, 1.807) is 0 Å². The van der Waals surface area contributed by atoms with Gasteiger partial charge < -0.3 is 11.1 Å². The Labute approximate surface area is 96.7 Å². The zero-order valence-electron chi connectivity index (χ0n) is 10.1. The van der Waals surface area contributed by atoms with Gasteiger partial charge in [-0.1, -0.05) is 0 Å². The standard InChI is InChI=1S/C12H20N4/c1-8-9(2)15-12(13)16-11(8)6-5-10-4-3-7-14-10/h10,14H,3-7H2,1-2H3,(H2,13,15,16). The van der Waals surface area contributed by atoms with Crippen molar-refractivity contribution in [2.75, 3.05) is 12.3 Å². The van der Waals surface area contributed by atoms with Crippen LogP contribution in [0, 0.1) is 13.8 Å². The first-order valence-electron chi connectivity index (χ1n) is 6.00. The zero-order valence-corrected chi connectivity index (χ0v) is 10.1. The van der Waals surface area contributed by atoms with Crippen molar-refractivity contribution in [1.29, 1.82) is 0 Å². The molecule has 0 aromatic carbocycles. The predicted molar refractivity (Wildman–Crippen MR) is 65.3 cm³/mol. The van der Waals surface area contributed by atoms with Gasteiger partial charge >= 0.3 is 0 Å². The molecule has 1 aliphatic rings. The molecular formula is C12H20N4. The molecule has 0 bridgehead atoms. The lowest BCUT2D eigenvalue weighted by molar-refractivity contribution is 0.554. The molecule has 0 radical (unpaired) electrons. The summed E-state index contributed by atoms with van der Waals surface area (Å²) in [7, 11) is 0. The van der Waals surface area contributed by atoms with Gasteiger partial charge in [-0.25, -0.2) is 9.97 Å². The highest BCUT2D eigenvalue weighted by Crippen LogP contribution is 2.16. The SMILES string of the molecule is Cc1nc(N)nc(CCC2CCCN2)c1C. The minimum absolute atomic E-state index is 0.400. The smallest absolute Gasteiger partial charge is 0.220 e. The number of nitrogens with two attached hydrogens (primary N) is 1. The Hall–Kier alpha value is -1.16. The fraction of sp³-hybridized carbons (Fsp3) is 0.667. The van der Waals surface area contributed by atoms with Crippen LogP contribution in [0.15, 0.2) is 0 Å². The number of nitrogens with one attached hydrogen (secondary N) is 1. The molecule has 4 heteroatoms. The molecule has 0 amide bonds. The van der Waals surface area contributed by atoms with Crippen molar-refractivity contribution in [3.8, 4) is 0 Å². The largest absolute Gasteiger partial charge is 0.368 e. The summed E-state index contributed by atoms with van der Waals surface area (Å²) in [6, 6.07) is 0.663. The number of anilines is 1. The first kappa shape index (κ1) is 11.3. The van der Waals surface area contributed by atoms with E-state index in [-0.39, 0.29) is 0 Å². The Morgan fingerprint density at radius 1 is 1.38 bits per heavy atom. The van der Waals surface area contributed by atoms with Crippen LogP contribution in [0.25, 0.3) is 0 Å². The number of nitrogens with zero attached hydrogens (tertiary/aromatic N) is 2. The third kappa shape index (κ3) is 2.50. The van der Waals surface area contributed by atoms with Crippen molar-refractivity contribution in [2.45, 2.75) is 45.6 Å². The number of nitrogen functional groups attached to an aromatic ring is 1. The van der Waals surface area contributed by atoms with Crippen LogP contribution in [0.2, 0.25) is 0 Å². The molecule has 88 valence electrons. The highest BCUT2D eigenvalue weighted by molar-refractivity contribution is 5.30. The predicted octanol–water partition coefficient (Wildman–Crippen LogP) is 1.36. The Morgan fingerprint density at radius 3 is 2.88 bits per heavy atom. The van der Waals surface area contributed by atoms with E-state index in [4.69, 9.17) is 5.73 Å². The summed E-state index contributed by atoms with van der Waals surface area (Å²) in [5.41, 5.74) is 8.97. The number of hydrogen-bond acceptors (Lipinski definition) is 4. The first-order valence-corrected chi connectivity index (χ1v) is 6.00. The number of rotatable bonds is 3. The van der Waals surface area contributed by atoms with Crippen molar-refractivity contribution >= 4 is 5.95 Å². The van der Waals surface area contributed by atoms with Gasteiger partial charge in [-0.3, -0.25) is 0 Å². The lowest BCUT2D eigenvalue weighted by Gasteiger charge is -2.12. The van der Waals surface area contributed by atoms with Gasteiger partial charge in [-0.15, -0.1) is 0 Å². The second-order valence-electron chi connectivity index (χ2n) is 4.57. The second-order valence-corrected chi connectivity index (χ2v) is 4.57. The molecule has 0 aliphatic carbocycles. The van der Waals surface area contributed by atoms with Crippen LogP contribution in [0.5, 0.6) is 0 Å². The van der Waals surface area contributed by atoms with E-state index in [1.165, 1.54) is 18.4 Å². The van der Waals surface area contributed by atoms with Crippen molar-refractivity contribution in [3.05, 3.63) is 17.0 Å². The minimum Gasteiger partial charge on any atom is -0.368 e. The van der Waals surface area contributed by atoms with Crippen LogP contribution in [-0.4, -0.2) is 22.6 Å². The maximum atomic E-state index is 5.67. The summed E-state index contributed by atoms with van der Waals surface area (Å²) in [5.74, 6) is 0.400. The molecule has 4 nitrogen and oxygen atoms in total. The third-order valence-corrected chi connectivity index (χ3v) is 3.40. The zero-order chi connectivity index (χ0) is 11.5. The topological polar surface area (TPSA) is 63.8 Å². The van der Waals surface area contributed by atoms with Crippen LogP contribution in [0.3, 0.4) is 0 Å². The number of aromatic nitrogens is 2. The Morgan fingerprint density at radius 2 is 2.19 bits per heavy atom. The molecule has 1 saturated heterocycles. The molecule has 1 aliphatic heterocycles. The van der Waals surface area contributed by atoms with E-state index in [0.717, 1.165) is 30.8 Å². The van der Waals surface area contributed by atoms with E-state index < -0.39 is 0 Å². The van der Waals surface area contributed by atoms with Crippen molar-refractivity contribution < 1.29 is 0 Å². The lowest BCUT2D eigenvalue weighted by atomic mass is 10.0. The minimum atomic E-state index is 0.400. The monoisotopic (exact) mass is 220 g/mol. The normalized spacial score (nSPS) is 20.2. The van der Waals surface area contributed by atoms with E-state index in [1.807, 2.05) is 6.92 Å². The van der Waals surface area contributed by atoms with Crippen LogP contribution >= 0.6 is 0 Å². The second kappa shape index (κ2) is 4.78. The molecule has 3 N–H and O–H groups in total. The average molecular weight is 220 g/mol. The molecule has 1 unspecified atom stereocenters. The molecule has 1 aromatic heterocycles. The van der Waals surface area contributed by atoms with Crippen molar-refractivity contribution in [1.82, 2.24) is 15.3 Å². The van der Waals surface area contributed by atoms with Gasteiger partial charge in [0.2, 0.25) is 5.95 Å². The molecule has 1 atom stereocenters. The highest BCUT2D eigenvalue weighted by atomic mass is 15.0. The maximum Gasteiger partial charge on any atom is 0.220 e. The quantitative estimate of drug-likeness (QED) is 0.807. The lowest BCUT2D eigenvalue weighted by Crippen LogP contribution is -2.22. The third-order valence-electron chi connectivity index (χ3n) is 3.40. The van der Waals surface area contributed by atoms with Crippen molar-refractivity contribution in [3.63, 3.8) is 0 Å². The molecule has 1 aromatic rings. The maximum absolute atomic E-state index is 5.67. The van der Waals surface area contributed by atoms with Gasteiger partial charge in [-0.2, -0.15) is 0 Å². The van der Waals surface area contributed by atoms with Gasteiger partial charge in [0, 0.05) is 17.4 Å². The van der Waals surface area contributed by atoms with Gasteiger partial charge in [-0.05, 0) is 51.6 Å². The summed E-state index contributed by atoms with van der Waals surface area (Å²) in [4.78, 5) is 8.50. The Kier molecular flexibility index (Phi) is 3.39. The molecule has 2 rings (SSSR count). The van der Waals surface area contributed by atoms with Crippen LogP contribution < -0.4 is 11.1 Å². The molecule has 0 saturated carbocycles. The van der Waals surface area contributed by atoms with Gasteiger partial charge in [0.05, 0.1) is 0 Å². The molecule has 0 spiro atoms. The summed E-state index contributed by atoms with van der Waals surface area (Å²) in [6.45, 7) is 5.23. The van der Waals surface area contributed by atoms with Crippen LogP contribution in [0.1, 0.15) is 36.2 Å². The van der Waals surface area contributed by atoms with Crippen LogP contribution in [0.4, 0.5) is 5.95 Å². The molecule has 1 fully saturated rings. The highest BCUT2D eigenvalue weighted by Gasteiger charge is 2.15. The Bertz CT molecular complexity index is 370. The fourth-order valence-electron chi connectivity index (χ4n) is 2.27. The fourth-order valence-corrected chi connectivity index (χ4v) is 2.27. The average Bonchev–Trinajstić information content (AvgIpc) is 2.74. The first-order chi connectivity index (χ1) is 7.66. The van der Waals surface area contributed by atoms with Crippen molar-refractivity contribution in [2.24, 2.45) is 0 Å². The summed E-state index contributed by atoms with van der Waals surface area (Å²) >= 11 is 0. The van der Waals surface area contributed by atoms with E-state index in [0.29, 0.717) is 12.0 Å². The van der Waals surface area contributed by atoms with Crippen LogP contribution in [-0.2, 0) is 6.42 Å². The summed E-state index contributed by atoms with van der Waals surface area (Å²) in [5, 5.41) is 3.50. The van der Waals surface area contributed by atoms with Gasteiger partial charge in [0.1, 0.15) is 0 Å². The molecule has 2 heterocycles. The Balaban J connectivity index is 2.02. The summed E-state index contributed by atoms with van der Waals surface area (Å²) in [6.07, 6.45) is 4.74. The molecular weight excluding hydrogens is 200 g/mol. The van der Waals surface area contributed by atoms with E-state index in [9.17, 15) is 0 Å². The number of hydrogen-bond donors (Lipinski definition) is 2. The summed E-state index contributed by atoms with van der Waals surface area (Å²) < 4.78 is 0. The van der Waals surface area contributed by atoms with Gasteiger partial charge in [0.25, 0.3) is 0 Å². The molecule has 16 heavy (non-hydrogen) atoms. The number of aryl methyl sites for hydroxylation is 2. The van der Waals surface area contributed by atoms with Gasteiger partial charge in [0.15, 0.2) is 0 Å².